The molecule has 4 rings (SSSR count). The van der Waals surface area contributed by atoms with Gasteiger partial charge in [0.05, 0.1) is 5.69 Å². The van der Waals surface area contributed by atoms with Crippen LogP contribution in [-0.4, -0.2) is 41.3 Å². The van der Waals surface area contributed by atoms with Crippen molar-refractivity contribution >= 4 is 29.3 Å². The normalized spacial score (nSPS) is 15.2. The summed E-state index contributed by atoms with van der Waals surface area (Å²) in [6.07, 6.45) is -0.257. The first-order valence-electron chi connectivity index (χ1n) is 11.5. The van der Waals surface area contributed by atoms with E-state index in [1.165, 1.54) is 17.0 Å². The highest BCUT2D eigenvalue weighted by atomic mass is 16.5. The molecular formula is C28H26N2O6. The molecule has 8 nitrogen and oxygen atoms in total. The van der Waals surface area contributed by atoms with Gasteiger partial charge in [0, 0.05) is 17.5 Å². The number of phenols is 1. The van der Waals surface area contributed by atoms with Crippen LogP contribution in [0.2, 0.25) is 0 Å². The molecule has 0 radical (unpaired) electrons. The summed E-state index contributed by atoms with van der Waals surface area (Å²) in [5.41, 5.74) is 2.65. The molecule has 1 atom stereocenters. The van der Waals surface area contributed by atoms with Crippen LogP contribution in [0.1, 0.15) is 43.8 Å². The van der Waals surface area contributed by atoms with E-state index in [9.17, 15) is 24.3 Å². The summed E-state index contributed by atoms with van der Waals surface area (Å²) in [5, 5.41) is 12.6. The SMILES string of the molecule is Cc1cc(C(=O)NC2CC(=O)c3ccccc3N(CC(=O)OCc3ccccc3)C2=O)cc(C)c1O. The maximum absolute atomic E-state index is 13.5. The zero-order valence-corrected chi connectivity index (χ0v) is 20.0. The summed E-state index contributed by atoms with van der Waals surface area (Å²) in [4.78, 5) is 53.4. The number of ketones is 1. The van der Waals surface area contributed by atoms with E-state index in [0.717, 1.165) is 5.56 Å². The van der Waals surface area contributed by atoms with Crippen molar-refractivity contribution in [2.75, 3.05) is 11.4 Å². The van der Waals surface area contributed by atoms with Gasteiger partial charge in [-0.3, -0.25) is 24.1 Å². The molecule has 1 heterocycles. The van der Waals surface area contributed by atoms with Crippen molar-refractivity contribution < 1.29 is 29.0 Å². The lowest BCUT2D eigenvalue weighted by atomic mass is 10.0. The summed E-state index contributed by atoms with van der Waals surface area (Å²) in [7, 11) is 0. The number of carbonyl (C=O) groups excluding carboxylic acids is 4. The molecule has 1 aliphatic heterocycles. The van der Waals surface area contributed by atoms with Crippen molar-refractivity contribution in [1.29, 1.82) is 0 Å². The third-order valence-corrected chi connectivity index (χ3v) is 6.04. The van der Waals surface area contributed by atoms with E-state index < -0.39 is 30.4 Å². The number of hydrogen-bond acceptors (Lipinski definition) is 6. The molecule has 184 valence electrons. The van der Waals surface area contributed by atoms with Crippen molar-refractivity contribution in [1.82, 2.24) is 5.32 Å². The molecule has 8 heteroatoms. The average molecular weight is 487 g/mol. The van der Waals surface area contributed by atoms with E-state index in [1.54, 1.807) is 38.1 Å². The average Bonchev–Trinajstić information content (AvgIpc) is 2.97. The first kappa shape index (κ1) is 24.7. The Balaban J connectivity index is 1.57. The lowest BCUT2D eigenvalue weighted by molar-refractivity contribution is -0.144. The molecule has 0 saturated carbocycles. The topological polar surface area (TPSA) is 113 Å². The number of hydrogen-bond donors (Lipinski definition) is 2. The lowest BCUT2D eigenvalue weighted by Gasteiger charge is -2.25. The fourth-order valence-electron chi connectivity index (χ4n) is 4.15. The number of nitrogens with zero attached hydrogens (tertiary/aromatic N) is 1. The van der Waals surface area contributed by atoms with Crippen molar-refractivity contribution in [2.24, 2.45) is 0 Å². The largest absolute Gasteiger partial charge is 0.507 e. The second-order valence-electron chi connectivity index (χ2n) is 8.70. The highest BCUT2D eigenvalue weighted by Gasteiger charge is 2.36. The summed E-state index contributed by atoms with van der Waals surface area (Å²) < 4.78 is 5.36. The van der Waals surface area contributed by atoms with Crippen LogP contribution in [0.15, 0.2) is 66.7 Å². The molecule has 1 unspecified atom stereocenters. The van der Waals surface area contributed by atoms with Crippen LogP contribution in [0, 0.1) is 13.8 Å². The monoisotopic (exact) mass is 486 g/mol. The Labute approximate surface area is 208 Å². The van der Waals surface area contributed by atoms with Crippen LogP contribution < -0.4 is 10.2 Å². The third-order valence-electron chi connectivity index (χ3n) is 6.04. The fourth-order valence-corrected chi connectivity index (χ4v) is 4.15. The number of anilines is 1. The van der Waals surface area contributed by atoms with Gasteiger partial charge in [0.15, 0.2) is 5.78 Å². The van der Waals surface area contributed by atoms with Crippen LogP contribution in [0.25, 0.3) is 0 Å². The van der Waals surface area contributed by atoms with E-state index in [4.69, 9.17) is 4.74 Å². The molecule has 3 aromatic rings. The Morgan fingerprint density at radius 1 is 1.00 bits per heavy atom. The zero-order valence-electron chi connectivity index (χ0n) is 20.0. The second kappa shape index (κ2) is 10.4. The molecule has 0 aliphatic carbocycles. The number of Topliss-reactive ketones (excluding diaryl/α,β-unsaturated/α-hetero) is 1. The minimum absolute atomic E-state index is 0.0437. The van der Waals surface area contributed by atoms with Crippen LogP contribution in [0.5, 0.6) is 5.75 Å². The second-order valence-corrected chi connectivity index (χ2v) is 8.70. The summed E-state index contributed by atoms with van der Waals surface area (Å²) in [6.45, 7) is 2.96. The van der Waals surface area contributed by atoms with E-state index in [-0.39, 0.29) is 41.4 Å². The van der Waals surface area contributed by atoms with Crippen LogP contribution >= 0.6 is 0 Å². The molecule has 2 amide bonds. The molecule has 3 aromatic carbocycles. The van der Waals surface area contributed by atoms with Gasteiger partial charge in [0.25, 0.3) is 11.8 Å². The number of aryl methyl sites for hydroxylation is 2. The standard InChI is InChI=1S/C28H26N2O6/c1-17-12-20(13-18(2)26(17)33)27(34)29-22-14-24(31)21-10-6-7-11-23(21)30(28(22)35)15-25(32)36-16-19-8-4-3-5-9-19/h3-13,22,33H,14-16H2,1-2H3,(H,29,34). The molecule has 36 heavy (non-hydrogen) atoms. The predicted octanol–water partition coefficient (Wildman–Crippen LogP) is 3.47. The highest BCUT2D eigenvalue weighted by molar-refractivity contribution is 6.14. The van der Waals surface area contributed by atoms with Crippen LogP contribution in [-0.2, 0) is 20.9 Å². The number of esters is 1. The Kier molecular flexibility index (Phi) is 7.15. The number of nitrogens with one attached hydrogen (secondary N) is 1. The quantitative estimate of drug-likeness (QED) is 0.516. The maximum atomic E-state index is 13.5. The van der Waals surface area contributed by atoms with Crippen LogP contribution in [0.4, 0.5) is 5.69 Å². The first-order chi connectivity index (χ1) is 17.2. The molecule has 0 saturated heterocycles. The van der Waals surface area contributed by atoms with Gasteiger partial charge in [-0.2, -0.15) is 0 Å². The Morgan fingerprint density at radius 3 is 2.33 bits per heavy atom. The van der Waals surface area contributed by atoms with Gasteiger partial charge in [-0.1, -0.05) is 42.5 Å². The summed E-state index contributed by atoms with van der Waals surface area (Å²) in [5.74, 6) is -2.05. The van der Waals surface area contributed by atoms with Crippen molar-refractivity contribution in [2.45, 2.75) is 32.9 Å². The number of fused-ring (bicyclic) bond motifs is 1. The Bertz CT molecular complexity index is 1310. The van der Waals surface area contributed by atoms with E-state index in [0.29, 0.717) is 11.1 Å². The minimum atomic E-state index is -1.19. The number of carbonyl (C=O) groups is 4. The van der Waals surface area contributed by atoms with Crippen molar-refractivity contribution in [3.8, 4) is 5.75 Å². The third kappa shape index (κ3) is 5.27. The number of aromatic hydroxyl groups is 1. The molecule has 0 aromatic heterocycles. The van der Waals surface area contributed by atoms with Gasteiger partial charge in [-0.15, -0.1) is 0 Å². The molecule has 0 spiro atoms. The molecular weight excluding hydrogens is 460 g/mol. The van der Waals surface area contributed by atoms with Gasteiger partial charge < -0.3 is 15.2 Å². The van der Waals surface area contributed by atoms with Crippen molar-refractivity contribution in [3.05, 3.63) is 94.5 Å². The Hall–Kier alpha value is -4.46. The molecule has 2 N–H and O–H groups in total. The fraction of sp³-hybridized carbons (Fsp3) is 0.214. The molecule has 1 aliphatic rings. The highest BCUT2D eigenvalue weighted by Crippen LogP contribution is 2.28. The van der Waals surface area contributed by atoms with E-state index in [1.807, 2.05) is 30.3 Å². The van der Waals surface area contributed by atoms with Gasteiger partial charge in [-0.05, 0) is 54.8 Å². The summed E-state index contributed by atoms with van der Waals surface area (Å²) in [6, 6.07) is 17.5. The smallest absolute Gasteiger partial charge is 0.326 e. The zero-order chi connectivity index (χ0) is 25.8. The van der Waals surface area contributed by atoms with Gasteiger partial charge in [0.1, 0.15) is 24.9 Å². The van der Waals surface area contributed by atoms with Crippen LogP contribution in [0.3, 0.4) is 0 Å². The van der Waals surface area contributed by atoms with Gasteiger partial charge in [0.2, 0.25) is 0 Å². The summed E-state index contributed by atoms with van der Waals surface area (Å²) >= 11 is 0. The number of benzene rings is 3. The minimum Gasteiger partial charge on any atom is -0.507 e. The van der Waals surface area contributed by atoms with Gasteiger partial charge in [-0.25, -0.2) is 0 Å². The molecule has 0 fully saturated rings. The number of para-hydroxylation sites is 1. The number of phenolic OH excluding ortho intramolecular Hbond substituents is 1. The number of amides is 2. The molecule has 0 bridgehead atoms. The Morgan fingerprint density at radius 2 is 1.64 bits per heavy atom. The van der Waals surface area contributed by atoms with E-state index >= 15 is 0 Å². The lowest BCUT2D eigenvalue weighted by Crippen LogP contribution is -2.49. The van der Waals surface area contributed by atoms with E-state index in [2.05, 4.69) is 5.32 Å². The van der Waals surface area contributed by atoms with Gasteiger partial charge >= 0.3 is 5.97 Å². The predicted molar refractivity (Wildman–Crippen MR) is 133 cm³/mol. The van der Waals surface area contributed by atoms with Crippen molar-refractivity contribution in [3.63, 3.8) is 0 Å². The maximum Gasteiger partial charge on any atom is 0.326 e. The number of rotatable bonds is 6. The number of ether oxygens (including phenoxy) is 1. The first-order valence-corrected chi connectivity index (χ1v) is 11.5.